The van der Waals surface area contributed by atoms with E-state index in [4.69, 9.17) is 44.7 Å². The number of halogens is 3. The Bertz CT molecular complexity index is 332. The Morgan fingerprint density at radius 2 is 1.71 bits per heavy atom. The molecule has 0 bridgehead atoms. The van der Waals surface area contributed by atoms with Gasteiger partial charge in [0.25, 0.3) is 5.97 Å². The predicted octanol–water partition coefficient (Wildman–Crippen LogP) is 3.05. The van der Waals surface area contributed by atoms with Gasteiger partial charge in [-0.15, -0.1) is 0 Å². The van der Waals surface area contributed by atoms with E-state index < -0.39 is 15.9 Å². The van der Waals surface area contributed by atoms with Gasteiger partial charge in [-0.05, 0) is 5.56 Å². The molecule has 1 atom stereocenters. The topological polar surface area (TPSA) is 57.5 Å². The first-order valence-corrected chi connectivity index (χ1v) is 5.85. The van der Waals surface area contributed by atoms with Crippen LogP contribution in [0.3, 0.4) is 0 Å². The SMILES string of the molecule is CC(=O)O.OC(Cc1ccccc1)C(Cl)(Cl)Cl. The van der Waals surface area contributed by atoms with Crippen LogP contribution in [-0.4, -0.2) is 26.1 Å². The van der Waals surface area contributed by atoms with Crippen molar-refractivity contribution in [1.29, 1.82) is 0 Å². The molecule has 0 heterocycles. The van der Waals surface area contributed by atoms with Crippen LogP contribution >= 0.6 is 34.8 Å². The van der Waals surface area contributed by atoms with Gasteiger partial charge >= 0.3 is 0 Å². The molecular weight excluding hydrogens is 286 g/mol. The Morgan fingerprint density at radius 1 is 1.29 bits per heavy atom. The van der Waals surface area contributed by atoms with E-state index in [1.165, 1.54) is 0 Å². The molecule has 0 aliphatic heterocycles. The van der Waals surface area contributed by atoms with Crippen LogP contribution in [0.2, 0.25) is 0 Å². The number of aliphatic hydroxyl groups is 1. The van der Waals surface area contributed by atoms with Gasteiger partial charge in [-0.3, -0.25) is 4.79 Å². The average molecular weight is 300 g/mol. The largest absolute Gasteiger partial charge is 0.481 e. The average Bonchev–Trinajstić information content (AvgIpc) is 2.16. The molecule has 0 saturated carbocycles. The lowest BCUT2D eigenvalue weighted by Crippen LogP contribution is -2.27. The van der Waals surface area contributed by atoms with Crippen molar-refractivity contribution in [2.45, 2.75) is 23.2 Å². The number of hydrogen-bond acceptors (Lipinski definition) is 2. The smallest absolute Gasteiger partial charge is 0.300 e. The van der Waals surface area contributed by atoms with Gasteiger partial charge in [0.1, 0.15) is 6.10 Å². The summed E-state index contributed by atoms with van der Waals surface area (Å²) in [7, 11) is 0. The van der Waals surface area contributed by atoms with E-state index in [1.54, 1.807) is 0 Å². The summed E-state index contributed by atoms with van der Waals surface area (Å²) < 4.78 is -1.62. The summed E-state index contributed by atoms with van der Waals surface area (Å²) >= 11 is 16.5. The fourth-order valence-corrected chi connectivity index (χ4v) is 1.18. The first-order chi connectivity index (χ1) is 7.73. The van der Waals surface area contributed by atoms with E-state index in [0.717, 1.165) is 12.5 Å². The Hall–Kier alpha value is -0.480. The maximum absolute atomic E-state index is 9.44. The number of carboxylic acids is 1. The number of carbonyl (C=O) groups is 1. The number of carboxylic acid groups (broad SMARTS) is 1. The molecule has 96 valence electrons. The van der Waals surface area contributed by atoms with Crippen molar-refractivity contribution >= 4 is 40.8 Å². The van der Waals surface area contributed by atoms with Gasteiger partial charge in [0.05, 0.1) is 0 Å². The monoisotopic (exact) mass is 298 g/mol. The second-order valence-electron chi connectivity index (χ2n) is 3.27. The first-order valence-electron chi connectivity index (χ1n) is 4.71. The fourth-order valence-electron chi connectivity index (χ4n) is 0.953. The first kappa shape index (κ1) is 16.5. The second-order valence-corrected chi connectivity index (χ2v) is 5.64. The summed E-state index contributed by atoms with van der Waals surface area (Å²) in [5.41, 5.74) is 0.946. The van der Waals surface area contributed by atoms with Crippen molar-refractivity contribution in [3.05, 3.63) is 35.9 Å². The van der Waals surface area contributed by atoms with Crippen LogP contribution in [0.15, 0.2) is 30.3 Å². The van der Waals surface area contributed by atoms with Crippen LogP contribution in [0.5, 0.6) is 0 Å². The quantitative estimate of drug-likeness (QED) is 0.825. The fraction of sp³-hybridized carbons (Fsp3) is 0.364. The molecule has 0 fully saturated rings. The summed E-state index contributed by atoms with van der Waals surface area (Å²) in [6.07, 6.45) is -0.628. The minimum absolute atomic E-state index is 0.345. The van der Waals surface area contributed by atoms with Gasteiger partial charge in [0.2, 0.25) is 3.79 Å². The zero-order chi connectivity index (χ0) is 13.5. The van der Waals surface area contributed by atoms with Gasteiger partial charge in [0.15, 0.2) is 0 Å². The summed E-state index contributed by atoms with van der Waals surface area (Å²) in [6.45, 7) is 1.08. The van der Waals surface area contributed by atoms with Crippen molar-refractivity contribution in [3.8, 4) is 0 Å². The van der Waals surface area contributed by atoms with E-state index in [1.807, 2.05) is 30.3 Å². The van der Waals surface area contributed by atoms with Crippen LogP contribution in [0, 0.1) is 0 Å². The number of benzene rings is 1. The van der Waals surface area contributed by atoms with E-state index in [2.05, 4.69) is 0 Å². The molecule has 1 aromatic rings. The van der Waals surface area contributed by atoms with Gasteiger partial charge in [-0.2, -0.15) is 0 Å². The van der Waals surface area contributed by atoms with Crippen LogP contribution in [-0.2, 0) is 11.2 Å². The third-order valence-corrected chi connectivity index (χ3v) is 2.41. The van der Waals surface area contributed by atoms with Gasteiger partial charge in [-0.1, -0.05) is 65.1 Å². The second kappa shape index (κ2) is 7.77. The summed E-state index contributed by atoms with van der Waals surface area (Å²) in [5.74, 6) is -0.833. The van der Waals surface area contributed by atoms with Crippen LogP contribution in [0.25, 0.3) is 0 Å². The summed E-state index contributed by atoms with van der Waals surface area (Å²) in [6, 6.07) is 9.39. The van der Waals surface area contributed by atoms with Crippen molar-refractivity contribution in [2.75, 3.05) is 0 Å². The minimum atomic E-state index is -1.62. The molecule has 0 amide bonds. The Morgan fingerprint density at radius 3 is 2.06 bits per heavy atom. The molecule has 0 radical (unpaired) electrons. The lowest BCUT2D eigenvalue weighted by molar-refractivity contribution is -0.134. The van der Waals surface area contributed by atoms with Crippen LogP contribution < -0.4 is 0 Å². The van der Waals surface area contributed by atoms with Gasteiger partial charge in [0, 0.05) is 13.3 Å². The number of rotatable bonds is 2. The number of aliphatic carboxylic acids is 1. The lowest BCUT2D eigenvalue weighted by atomic mass is 10.1. The van der Waals surface area contributed by atoms with Crippen molar-refractivity contribution in [1.82, 2.24) is 0 Å². The molecule has 0 spiro atoms. The maximum Gasteiger partial charge on any atom is 0.300 e. The van der Waals surface area contributed by atoms with E-state index in [9.17, 15) is 5.11 Å². The Labute approximate surface area is 115 Å². The molecular formula is C11H13Cl3O3. The van der Waals surface area contributed by atoms with Crippen LogP contribution in [0.4, 0.5) is 0 Å². The Balaban J connectivity index is 0.000000557. The van der Waals surface area contributed by atoms with E-state index >= 15 is 0 Å². The van der Waals surface area contributed by atoms with E-state index in [0.29, 0.717) is 6.42 Å². The molecule has 0 aromatic heterocycles. The molecule has 1 unspecified atom stereocenters. The number of aliphatic hydroxyl groups excluding tert-OH is 1. The standard InChI is InChI=1S/C9H9Cl3O.C2H4O2/c10-9(11,12)8(13)6-7-4-2-1-3-5-7;1-2(3)4/h1-5,8,13H,6H2;1H3,(H,3,4). The molecule has 0 aliphatic rings. The summed E-state index contributed by atoms with van der Waals surface area (Å²) in [4.78, 5) is 9.00. The third kappa shape index (κ3) is 9.24. The van der Waals surface area contributed by atoms with Gasteiger partial charge in [-0.25, -0.2) is 0 Å². The van der Waals surface area contributed by atoms with Crippen molar-refractivity contribution < 1.29 is 15.0 Å². The van der Waals surface area contributed by atoms with Crippen molar-refractivity contribution in [3.63, 3.8) is 0 Å². The Kier molecular flexibility index (Phi) is 7.55. The predicted molar refractivity (Wildman–Crippen MR) is 69.8 cm³/mol. The highest BCUT2D eigenvalue weighted by molar-refractivity contribution is 6.68. The molecule has 2 N–H and O–H groups in total. The molecule has 3 nitrogen and oxygen atoms in total. The third-order valence-electron chi connectivity index (χ3n) is 1.65. The molecule has 17 heavy (non-hydrogen) atoms. The molecule has 0 aliphatic carbocycles. The summed E-state index contributed by atoms with van der Waals surface area (Å²) in [5, 5.41) is 16.9. The van der Waals surface area contributed by atoms with Gasteiger partial charge < -0.3 is 10.2 Å². The number of alkyl halides is 3. The van der Waals surface area contributed by atoms with E-state index in [-0.39, 0.29) is 0 Å². The zero-order valence-corrected chi connectivity index (χ0v) is 11.4. The minimum Gasteiger partial charge on any atom is -0.481 e. The molecule has 1 rings (SSSR count). The highest BCUT2D eigenvalue weighted by atomic mass is 35.6. The molecule has 1 aromatic carbocycles. The normalized spacial score (nSPS) is 12.3. The lowest BCUT2D eigenvalue weighted by Gasteiger charge is -2.18. The molecule has 6 heteroatoms. The van der Waals surface area contributed by atoms with Crippen molar-refractivity contribution in [2.24, 2.45) is 0 Å². The van der Waals surface area contributed by atoms with Crippen LogP contribution in [0.1, 0.15) is 12.5 Å². The molecule has 0 saturated heterocycles. The maximum atomic E-state index is 9.44. The highest BCUT2D eigenvalue weighted by Crippen LogP contribution is 2.31. The highest BCUT2D eigenvalue weighted by Gasteiger charge is 2.30. The zero-order valence-electron chi connectivity index (χ0n) is 9.11. The number of hydrogen-bond donors (Lipinski definition) is 2.